The lowest BCUT2D eigenvalue weighted by atomic mass is 10.00. The zero-order chi connectivity index (χ0) is 12.4. The molecule has 1 aliphatic heterocycles. The van der Waals surface area contributed by atoms with Gasteiger partial charge in [0.1, 0.15) is 0 Å². The molecule has 0 radical (unpaired) electrons. The van der Waals surface area contributed by atoms with Gasteiger partial charge in [0.05, 0.1) is 5.92 Å². The van der Waals surface area contributed by atoms with Gasteiger partial charge < -0.3 is 9.84 Å². The Kier molecular flexibility index (Phi) is 3.11. The quantitative estimate of drug-likeness (QED) is 0.880. The standard InChI is InChI=1S/C14H17N3O/c1-10-4-6-11(7-5-10)13-16-14(18-17-13)12-3-2-8-15-9-12/h4-7,12,15H,2-3,8-9H2,1H3/t12-/m1/s1. The van der Waals surface area contributed by atoms with E-state index in [4.69, 9.17) is 4.52 Å². The van der Waals surface area contributed by atoms with E-state index in [1.54, 1.807) is 0 Å². The monoisotopic (exact) mass is 243 g/mol. The van der Waals surface area contributed by atoms with Crippen molar-refractivity contribution in [3.63, 3.8) is 0 Å². The van der Waals surface area contributed by atoms with Crippen molar-refractivity contribution in [1.29, 1.82) is 0 Å². The summed E-state index contributed by atoms with van der Waals surface area (Å²) in [6, 6.07) is 8.19. The Labute approximate surface area is 106 Å². The van der Waals surface area contributed by atoms with Crippen LogP contribution in [0.15, 0.2) is 28.8 Å². The maximum Gasteiger partial charge on any atom is 0.231 e. The fourth-order valence-corrected chi connectivity index (χ4v) is 2.28. The maximum atomic E-state index is 5.39. The van der Waals surface area contributed by atoms with Crippen LogP contribution in [0.1, 0.15) is 30.2 Å². The lowest BCUT2D eigenvalue weighted by Crippen LogP contribution is -2.28. The average Bonchev–Trinajstić information content (AvgIpc) is 2.90. The minimum absolute atomic E-state index is 0.366. The third-order valence-electron chi connectivity index (χ3n) is 3.40. The number of benzene rings is 1. The first-order valence-corrected chi connectivity index (χ1v) is 6.44. The number of hydrogen-bond donors (Lipinski definition) is 1. The first kappa shape index (κ1) is 11.4. The molecule has 1 N–H and O–H groups in total. The molecule has 2 aromatic rings. The number of nitrogens with one attached hydrogen (secondary N) is 1. The summed E-state index contributed by atoms with van der Waals surface area (Å²) in [5.74, 6) is 1.82. The van der Waals surface area contributed by atoms with Crippen LogP contribution in [0.4, 0.5) is 0 Å². The molecule has 0 aliphatic carbocycles. The molecule has 0 amide bonds. The molecule has 94 valence electrons. The van der Waals surface area contributed by atoms with Gasteiger partial charge in [0.25, 0.3) is 0 Å². The highest BCUT2D eigenvalue weighted by Gasteiger charge is 2.21. The van der Waals surface area contributed by atoms with Crippen molar-refractivity contribution < 1.29 is 4.52 Å². The summed E-state index contributed by atoms with van der Waals surface area (Å²) in [6.07, 6.45) is 2.30. The van der Waals surface area contributed by atoms with Gasteiger partial charge in [-0.2, -0.15) is 4.98 Å². The van der Waals surface area contributed by atoms with Crippen molar-refractivity contribution >= 4 is 0 Å². The molecule has 1 saturated heterocycles. The van der Waals surface area contributed by atoms with E-state index in [1.807, 2.05) is 12.1 Å². The van der Waals surface area contributed by atoms with Crippen LogP contribution >= 0.6 is 0 Å². The highest BCUT2D eigenvalue weighted by molar-refractivity contribution is 5.54. The molecular formula is C14H17N3O. The van der Waals surface area contributed by atoms with Gasteiger partial charge >= 0.3 is 0 Å². The van der Waals surface area contributed by atoms with Crippen molar-refractivity contribution in [2.75, 3.05) is 13.1 Å². The second kappa shape index (κ2) is 4.90. The molecule has 4 heteroatoms. The number of piperidine rings is 1. The van der Waals surface area contributed by atoms with Crippen LogP contribution in [0, 0.1) is 6.92 Å². The molecule has 1 fully saturated rings. The normalized spacial score (nSPS) is 19.9. The van der Waals surface area contributed by atoms with Crippen LogP contribution in [0.3, 0.4) is 0 Å². The summed E-state index contributed by atoms with van der Waals surface area (Å²) < 4.78 is 5.39. The van der Waals surface area contributed by atoms with E-state index >= 15 is 0 Å². The van der Waals surface area contributed by atoms with Gasteiger partial charge in [-0.3, -0.25) is 0 Å². The molecule has 0 spiro atoms. The SMILES string of the molecule is Cc1ccc(-c2noc([C@@H]3CCCNC3)n2)cc1. The first-order valence-electron chi connectivity index (χ1n) is 6.44. The Morgan fingerprint density at radius 2 is 2.11 bits per heavy atom. The van der Waals surface area contributed by atoms with E-state index in [-0.39, 0.29) is 0 Å². The number of aryl methyl sites for hydroxylation is 1. The smallest absolute Gasteiger partial charge is 0.231 e. The molecule has 1 aromatic heterocycles. The predicted molar refractivity (Wildman–Crippen MR) is 69.3 cm³/mol. The number of rotatable bonds is 2. The van der Waals surface area contributed by atoms with Gasteiger partial charge in [-0.05, 0) is 26.3 Å². The molecule has 18 heavy (non-hydrogen) atoms. The molecule has 4 nitrogen and oxygen atoms in total. The summed E-state index contributed by atoms with van der Waals surface area (Å²) >= 11 is 0. The van der Waals surface area contributed by atoms with Crippen LogP contribution in [0.25, 0.3) is 11.4 Å². The summed E-state index contributed by atoms with van der Waals surface area (Å²) in [7, 11) is 0. The topological polar surface area (TPSA) is 51.0 Å². The van der Waals surface area contributed by atoms with Gasteiger partial charge in [0.15, 0.2) is 0 Å². The van der Waals surface area contributed by atoms with E-state index in [0.717, 1.165) is 31.0 Å². The summed E-state index contributed by atoms with van der Waals surface area (Å²) in [5, 5.41) is 7.44. The molecule has 3 rings (SSSR count). The number of hydrogen-bond acceptors (Lipinski definition) is 4. The van der Waals surface area contributed by atoms with E-state index in [9.17, 15) is 0 Å². The van der Waals surface area contributed by atoms with Crippen LogP contribution in [-0.2, 0) is 0 Å². The molecule has 1 aromatic carbocycles. The molecule has 1 aliphatic rings. The minimum Gasteiger partial charge on any atom is -0.339 e. The second-order valence-electron chi connectivity index (χ2n) is 4.87. The van der Waals surface area contributed by atoms with E-state index in [0.29, 0.717) is 11.7 Å². The van der Waals surface area contributed by atoms with E-state index < -0.39 is 0 Å². The zero-order valence-electron chi connectivity index (χ0n) is 10.5. The Balaban J connectivity index is 1.82. The molecule has 2 heterocycles. The van der Waals surface area contributed by atoms with Crippen LogP contribution in [0.5, 0.6) is 0 Å². The predicted octanol–water partition coefficient (Wildman–Crippen LogP) is 2.51. The van der Waals surface area contributed by atoms with Gasteiger partial charge in [0, 0.05) is 12.1 Å². The highest BCUT2D eigenvalue weighted by atomic mass is 16.5. The van der Waals surface area contributed by atoms with Crippen molar-refractivity contribution in [1.82, 2.24) is 15.5 Å². The number of aromatic nitrogens is 2. The Bertz CT molecular complexity index is 512. The highest BCUT2D eigenvalue weighted by Crippen LogP contribution is 2.24. The molecule has 0 bridgehead atoms. The zero-order valence-corrected chi connectivity index (χ0v) is 10.5. The molecule has 1 atom stereocenters. The lowest BCUT2D eigenvalue weighted by Gasteiger charge is -2.18. The van der Waals surface area contributed by atoms with Crippen LogP contribution < -0.4 is 5.32 Å². The Morgan fingerprint density at radius 1 is 1.28 bits per heavy atom. The summed E-state index contributed by atoms with van der Waals surface area (Å²) in [5.41, 5.74) is 2.25. The molecule has 0 saturated carbocycles. The van der Waals surface area contributed by atoms with Crippen LogP contribution in [-0.4, -0.2) is 23.2 Å². The summed E-state index contributed by atoms with van der Waals surface area (Å²) in [6.45, 7) is 4.10. The molecule has 0 unspecified atom stereocenters. The van der Waals surface area contributed by atoms with Gasteiger partial charge in [0.2, 0.25) is 11.7 Å². The maximum absolute atomic E-state index is 5.39. The summed E-state index contributed by atoms with van der Waals surface area (Å²) in [4.78, 5) is 4.52. The van der Waals surface area contributed by atoms with Crippen molar-refractivity contribution in [2.45, 2.75) is 25.7 Å². The fourth-order valence-electron chi connectivity index (χ4n) is 2.28. The first-order chi connectivity index (χ1) is 8.83. The average molecular weight is 243 g/mol. The van der Waals surface area contributed by atoms with Gasteiger partial charge in [-0.15, -0.1) is 0 Å². The van der Waals surface area contributed by atoms with Gasteiger partial charge in [-0.25, -0.2) is 0 Å². The van der Waals surface area contributed by atoms with Gasteiger partial charge in [-0.1, -0.05) is 35.0 Å². The minimum atomic E-state index is 0.366. The fraction of sp³-hybridized carbons (Fsp3) is 0.429. The molecular weight excluding hydrogens is 226 g/mol. The Hall–Kier alpha value is -1.68. The third kappa shape index (κ3) is 2.29. The lowest BCUT2D eigenvalue weighted by molar-refractivity contribution is 0.322. The van der Waals surface area contributed by atoms with Crippen LogP contribution in [0.2, 0.25) is 0 Å². The van der Waals surface area contributed by atoms with Crippen molar-refractivity contribution in [3.05, 3.63) is 35.7 Å². The van der Waals surface area contributed by atoms with E-state index in [2.05, 4.69) is 34.5 Å². The third-order valence-corrected chi connectivity index (χ3v) is 3.40. The second-order valence-corrected chi connectivity index (χ2v) is 4.87. The van der Waals surface area contributed by atoms with Crippen molar-refractivity contribution in [3.8, 4) is 11.4 Å². The number of nitrogens with zero attached hydrogens (tertiary/aromatic N) is 2. The Morgan fingerprint density at radius 3 is 2.83 bits per heavy atom. The van der Waals surface area contributed by atoms with E-state index in [1.165, 1.54) is 12.0 Å². The largest absolute Gasteiger partial charge is 0.339 e. The van der Waals surface area contributed by atoms with Crippen molar-refractivity contribution in [2.24, 2.45) is 0 Å².